The third-order valence-corrected chi connectivity index (χ3v) is 5.05. The van der Waals surface area contributed by atoms with Gasteiger partial charge in [0, 0.05) is 12.2 Å². The van der Waals surface area contributed by atoms with Crippen molar-refractivity contribution >= 4 is 5.91 Å². The van der Waals surface area contributed by atoms with E-state index in [2.05, 4.69) is 36.5 Å². The molecule has 0 radical (unpaired) electrons. The second kappa shape index (κ2) is 5.75. The van der Waals surface area contributed by atoms with Gasteiger partial charge in [0.25, 0.3) is 0 Å². The standard InChI is InChI=1S/C17H24N4O/c1-12(2)21-10-13-6-5-7-14(15(13)20-21)19-16(22)17(11-18)8-3-4-9-17/h10,12,14H,3-9H2,1-2H3,(H,19,22)/t14-/m1/s1. The number of hydrogen-bond donors (Lipinski definition) is 1. The summed E-state index contributed by atoms with van der Waals surface area (Å²) in [5.41, 5.74) is 1.43. The van der Waals surface area contributed by atoms with Gasteiger partial charge in [0.2, 0.25) is 5.91 Å². The Morgan fingerprint density at radius 1 is 1.45 bits per heavy atom. The first-order valence-electron chi connectivity index (χ1n) is 8.36. The topological polar surface area (TPSA) is 70.7 Å². The van der Waals surface area contributed by atoms with E-state index < -0.39 is 5.41 Å². The third kappa shape index (κ3) is 2.51. The highest BCUT2D eigenvalue weighted by atomic mass is 16.2. The van der Waals surface area contributed by atoms with Gasteiger partial charge in [-0.3, -0.25) is 9.48 Å². The lowest BCUT2D eigenvalue weighted by Crippen LogP contribution is -2.41. The maximum Gasteiger partial charge on any atom is 0.241 e. The zero-order valence-corrected chi connectivity index (χ0v) is 13.4. The average Bonchev–Trinajstić information content (AvgIpc) is 3.15. The van der Waals surface area contributed by atoms with Gasteiger partial charge in [-0.25, -0.2) is 0 Å². The van der Waals surface area contributed by atoms with Crippen LogP contribution in [0.5, 0.6) is 0 Å². The minimum Gasteiger partial charge on any atom is -0.346 e. The number of nitrogens with zero attached hydrogens (tertiary/aromatic N) is 3. The van der Waals surface area contributed by atoms with Gasteiger partial charge in [-0.15, -0.1) is 0 Å². The SMILES string of the molecule is CC(C)n1cc2c(n1)[C@H](NC(=O)C1(C#N)CCCC1)CCC2. The summed E-state index contributed by atoms with van der Waals surface area (Å²) in [5, 5.41) is 17.3. The van der Waals surface area contributed by atoms with Gasteiger partial charge in [-0.2, -0.15) is 10.4 Å². The van der Waals surface area contributed by atoms with Crippen molar-refractivity contribution in [3.63, 3.8) is 0 Å². The number of fused-ring (bicyclic) bond motifs is 1. The monoisotopic (exact) mass is 300 g/mol. The number of aromatic nitrogens is 2. The maximum atomic E-state index is 12.6. The van der Waals surface area contributed by atoms with Gasteiger partial charge in [0.05, 0.1) is 17.8 Å². The molecule has 0 bridgehead atoms. The Labute approximate surface area is 131 Å². The summed E-state index contributed by atoms with van der Waals surface area (Å²) in [5.74, 6) is -0.0931. The highest BCUT2D eigenvalue weighted by Gasteiger charge is 2.42. The van der Waals surface area contributed by atoms with E-state index in [4.69, 9.17) is 0 Å². The lowest BCUT2D eigenvalue weighted by Gasteiger charge is -2.26. The van der Waals surface area contributed by atoms with Crippen LogP contribution in [0.4, 0.5) is 0 Å². The first kappa shape index (κ1) is 15.1. The lowest BCUT2D eigenvalue weighted by molar-refractivity contribution is -0.128. The van der Waals surface area contributed by atoms with Crippen molar-refractivity contribution in [1.29, 1.82) is 5.26 Å². The van der Waals surface area contributed by atoms with E-state index in [9.17, 15) is 10.1 Å². The summed E-state index contributed by atoms with van der Waals surface area (Å²) < 4.78 is 1.98. The lowest BCUT2D eigenvalue weighted by atomic mass is 9.85. The molecular weight excluding hydrogens is 276 g/mol. The fourth-order valence-electron chi connectivity index (χ4n) is 3.63. The minimum absolute atomic E-state index is 0.0397. The van der Waals surface area contributed by atoms with Gasteiger partial charge in [0.15, 0.2) is 0 Å². The zero-order valence-electron chi connectivity index (χ0n) is 13.4. The number of carbonyl (C=O) groups excluding carboxylic acids is 1. The Bertz CT molecular complexity index is 605. The van der Waals surface area contributed by atoms with Crippen LogP contribution >= 0.6 is 0 Å². The molecule has 1 atom stereocenters. The Hall–Kier alpha value is -1.83. The van der Waals surface area contributed by atoms with E-state index in [1.165, 1.54) is 5.56 Å². The van der Waals surface area contributed by atoms with Crippen LogP contribution in [0, 0.1) is 16.7 Å². The molecule has 3 rings (SSSR count). The fourth-order valence-corrected chi connectivity index (χ4v) is 3.63. The Morgan fingerprint density at radius 3 is 2.82 bits per heavy atom. The third-order valence-electron chi connectivity index (χ3n) is 5.05. The van der Waals surface area contributed by atoms with Crippen molar-refractivity contribution in [2.45, 2.75) is 70.9 Å². The maximum absolute atomic E-state index is 12.6. The highest BCUT2D eigenvalue weighted by Crippen LogP contribution is 2.39. The molecule has 0 aromatic carbocycles. The molecule has 22 heavy (non-hydrogen) atoms. The van der Waals surface area contributed by atoms with Crippen LogP contribution in [-0.4, -0.2) is 15.7 Å². The molecule has 1 aromatic rings. The number of hydrogen-bond acceptors (Lipinski definition) is 3. The van der Waals surface area contributed by atoms with E-state index in [1.807, 2.05) is 4.68 Å². The quantitative estimate of drug-likeness (QED) is 0.932. The summed E-state index contributed by atoms with van der Waals surface area (Å²) >= 11 is 0. The molecule has 1 N–H and O–H groups in total. The van der Waals surface area contributed by atoms with Gasteiger partial charge in [-0.05, 0) is 51.5 Å². The van der Waals surface area contributed by atoms with Crippen LogP contribution in [0.1, 0.15) is 75.7 Å². The Morgan fingerprint density at radius 2 is 2.18 bits per heavy atom. The minimum atomic E-state index is -0.807. The summed E-state index contributed by atoms with van der Waals surface area (Å²) in [6.07, 6.45) is 8.42. The molecular formula is C17H24N4O. The fraction of sp³-hybridized carbons (Fsp3) is 0.706. The molecule has 1 amide bonds. The molecule has 2 aliphatic carbocycles. The van der Waals surface area contributed by atoms with E-state index in [1.54, 1.807) is 0 Å². The molecule has 1 saturated carbocycles. The van der Waals surface area contributed by atoms with Crippen LogP contribution in [0.15, 0.2) is 6.20 Å². The summed E-state index contributed by atoms with van der Waals surface area (Å²) in [6, 6.07) is 2.56. The largest absolute Gasteiger partial charge is 0.346 e. The number of aryl methyl sites for hydroxylation is 1. The first-order chi connectivity index (χ1) is 10.6. The molecule has 0 spiro atoms. The molecule has 118 valence electrons. The van der Waals surface area contributed by atoms with Crippen molar-refractivity contribution < 1.29 is 4.79 Å². The van der Waals surface area contributed by atoms with Crippen LogP contribution in [0.3, 0.4) is 0 Å². The predicted molar refractivity (Wildman–Crippen MR) is 82.9 cm³/mol. The van der Waals surface area contributed by atoms with E-state index in [-0.39, 0.29) is 11.9 Å². The number of rotatable bonds is 3. The predicted octanol–water partition coefficient (Wildman–Crippen LogP) is 3.04. The molecule has 0 aliphatic heterocycles. The smallest absolute Gasteiger partial charge is 0.241 e. The zero-order chi connectivity index (χ0) is 15.7. The molecule has 1 aromatic heterocycles. The average molecular weight is 300 g/mol. The van der Waals surface area contributed by atoms with Gasteiger partial charge < -0.3 is 5.32 Å². The molecule has 1 heterocycles. The molecule has 0 saturated heterocycles. The van der Waals surface area contributed by atoms with Gasteiger partial charge in [-0.1, -0.05) is 12.8 Å². The second-order valence-electron chi connectivity index (χ2n) is 6.93. The van der Waals surface area contributed by atoms with Crippen LogP contribution in [0.2, 0.25) is 0 Å². The van der Waals surface area contributed by atoms with Crippen molar-refractivity contribution in [3.05, 3.63) is 17.5 Å². The summed E-state index contributed by atoms with van der Waals surface area (Å²) in [6.45, 7) is 4.21. The second-order valence-corrected chi connectivity index (χ2v) is 6.93. The van der Waals surface area contributed by atoms with Gasteiger partial charge in [0.1, 0.15) is 5.41 Å². The van der Waals surface area contributed by atoms with E-state index >= 15 is 0 Å². The molecule has 5 nitrogen and oxygen atoms in total. The Balaban J connectivity index is 1.80. The number of amides is 1. The normalized spacial score (nSPS) is 23.1. The van der Waals surface area contributed by atoms with Crippen molar-refractivity contribution in [3.8, 4) is 6.07 Å². The molecule has 1 fully saturated rings. The number of carbonyl (C=O) groups is 1. The van der Waals surface area contributed by atoms with Crippen molar-refractivity contribution in [2.75, 3.05) is 0 Å². The van der Waals surface area contributed by atoms with Crippen LogP contribution < -0.4 is 5.32 Å². The number of nitrogens with one attached hydrogen (secondary N) is 1. The van der Waals surface area contributed by atoms with E-state index in [0.29, 0.717) is 18.9 Å². The molecule has 0 unspecified atom stereocenters. The number of nitriles is 1. The highest BCUT2D eigenvalue weighted by molar-refractivity contribution is 5.86. The van der Waals surface area contributed by atoms with Crippen LogP contribution in [-0.2, 0) is 11.2 Å². The molecule has 5 heteroatoms. The first-order valence-corrected chi connectivity index (χ1v) is 8.36. The molecule has 2 aliphatic rings. The summed E-state index contributed by atoms with van der Waals surface area (Å²) in [7, 11) is 0. The Kier molecular flexibility index (Phi) is 3.94. The van der Waals surface area contributed by atoms with Crippen molar-refractivity contribution in [1.82, 2.24) is 15.1 Å². The summed E-state index contributed by atoms with van der Waals surface area (Å²) in [4.78, 5) is 12.6. The van der Waals surface area contributed by atoms with Crippen molar-refractivity contribution in [2.24, 2.45) is 5.41 Å². The van der Waals surface area contributed by atoms with Gasteiger partial charge >= 0.3 is 0 Å². The van der Waals surface area contributed by atoms with E-state index in [0.717, 1.165) is 37.8 Å². The van der Waals surface area contributed by atoms with Crippen LogP contribution in [0.25, 0.3) is 0 Å².